The van der Waals surface area contributed by atoms with E-state index in [9.17, 15) is 0 Å². The first-order valence-corrected chi connectivity index (χ1v) is 9.17. The first-order valence-electron chi connectivity index (χ1n) is 9.17. The van der Waals surface area contributed by atoms with Crippen LogP contribution in [0.4, 0.5) is 17.5 Å². The molecule has 4 rings (SSSR count). The largest absolute Gasteiger partial charge is 0.493 e. The molecule has 152 valence electrons. The highest BCUT2D eigenvalue weighted by Gasteiger charge is 2.14. The molecule has 0 saturated carbocycles. The Hall–Kier alpha value is -4.07. The van der Waals surface area contributed by atoms with Crippen LogP contribution in [0.25, 0.3) is 22.0 Å². The van der Waals surface area contributed by atoms with Crippen LogP contribution in [0.2, 0.25) is 0 Å². The van der Waals surface area contributed by atoms with Gasteiger partial charge in [-0.15, -0.1) is 0 Å². The number of nitrogen functional groups attached to an aromatic ring is 1. The fraction of sp³-hybridized carbons (Fsp3) is 0.136. The second kappa shape index (κ2) is 8.12. The van der Waals surface area contributed by atoms with Crippen LogP contribution < -0.4 is 25.3 Å². The predicted octanol–water partition coefficient (Wildman–Crippen LogP) is 4.04. The molecule has 2 aromatic heterocycles. The van der Waals surface area contributed by atoms with E-state index in [0.717, 1.165) is 22.0 Å². The van der Waals surface area contributed by atoms with E-state index in [1.54, 1.807) is 45.9 Å². The molecule has 3 N–H and O–H groups in total. The van der Waals surface area contributed by atoms with Gasteiger partial charge >= 0.3 is 0 Å². The van der Waals surface area contributed by atoms with Gasteiger partial charge in [0.2, 0.25) is 11.7 Å². The molecule has 0 bridgehead atoms. The summed E-state index contributed by atoms with van der Waals surface area (Å²) in [6.07, 6.45) is 3.46. The van der Waals surface area contributed by atoms with Gasteiger partial charge in [0.05, 0.1) is 26.8 Å². The fourth-order valence-corrected chi connectivity index (χ4v) is 3.20. The zero-order chi connectivity index (χ0) is 21.1. The SMILES string of the molecule is COc1cc(Nc2ncc(-c3ccc4ncccc4c3)c(N)n2)cc(OC)c1OC. The second-order valence-electron chi connectivity index (χ2n) is 6.44. The molecule has 0 radical (unpaired) electrons. The summed E-state index contributed by atoms with van der Waals surface area (Å²) in [5.41, 5.74) is 9.50. The quantitative estimate of drug-likeness (QED) is 0.497. The number of nitrogens with one attached hydrogen (secondary N) is 1. The first-order chi connectivity index (χ1) is 14.6. The van der Waals surface area contributed by atoms with Crippen LogP contribution >= 0.6 is 0 Å². The molecule has 4 aromatic rings. The molecule has 2 aromatic carbocycles. The lowest BCUT2D eigenvalue weighted by Crippen LogP contribution is -2.03. The van der Waals surface area contributed by atoms with Crippen LogP contribution in [0.5, 0.6) is 17.2 Å². The Morgan fingerprint density at radius 2 is 1.67 bits per heavy atom. The Morgan fingerprint density at radius 3 is 2.33 bits per heavy atom. The molecule has 2 heterocycles. The highest BCUT2D eigenvalue weighted by Crippen LogP contribution is 2.40. The number of rotatable bonds is 6. The summed E-state index contributed by atoms with van der Waals surface area (Å²) in [5, 5.41) is 4.15. The minimum Gasteiger partial charge on any atom is -0.493 e. The number of hydrogen-bond acceptors (Lipinski definition) is 8. The Morgan fingerprint density at radius 1 is 0.900 bits per heavy atom. The van der Waals surface area contributed by atoms with Gasteiger partial charge in [-0.05, 0) is 23.8 Å². The van der Waals surface area contributed by atoms with Gasteiger partial charge < -0.3 is 25.3 Å². The van der Waals surface area contributed by atoms with Gasteiger partial charge in [-0.25, -0.2) is 4.98 Å². The molecule has 0 amide bonds. The maximum Gasteiger partial charge on any atom is 0.229 e. The molecular formula is C22H21N5O3. The maximum atomic E-state index is 6.23. The summed E-state index contributed by atoms with van der Waals surface area (Å²) in [5.74, 6) is 2.27. The lowest BCUT2D eigenvalue weighted by Gasteiger charge is -2.15. The monoisotopic (exact) mass is 403 g/mol. The number of aromatic nitrogens is 3. The van der Waals surface area contributed by atoms with Gasteiger partial charge in [-0.1, -0.05) is 12.1 Å². The fourth-order valence-electron chi connectivity index (χ4n) is 3.20. The van der Waals surface area contributed by atoms with Gasteiger partial charge in [0.25, 0.3) is 0 Å². The second-order valence-corrected chi connectivity index (χ2v) is 6.44. The van der Waals surface area contributed by atoms with E-state index in [0.29, 0.717) is 34.7 Å². The van der Waals surface area contributed by atoms with Crippen molar-refractivity contribution in [2.45, 2.75) is 0 Å². The zero-order valence-electron chi connectivity index (χ0n) is 16.8. The number of hydrogen-bond donors (Lipinski definition) is 2. The normalized spacial score (nSPS) is 10.6. The van der Waals surface area contributed by atoms with E-state index in [2.05, 4.69) is 20.3 Å². The standard InChI is InChI=1S/C22H21N5O3/c1-28-18-10-15(11-19(29-2)20(18)30-3)26-22-25-12-16(21(23)27-22)13-6-7-17-14(9-13)5-4-8-24-17/h4-12H,1-3H3,(H3,23,25,26,27). The number of ether oxygens (including phenoxy) is 3. The molecule has 0 aliphatic heterocycles. The van der Waals surface area contributed by atoms with E-state index in [1.165, 1.54) is 0 Å². The Balaban J connectivity index is 1.65. The van der Waals surface area contributed by atoms with Crippen LogP contribution in [-0.2, 0) is 0 Å². The van der Waals surface area contributed by atoms with Crippen LogP contribution in [0.15, 0.2) is 54.9 Å². The van der Waals surface area contributed by atoms with Crippen molar-refractivity contribution in [1.82, 2.24) is 15.0 Å². The topological polar surface area (TPSA) is 104 Å². The Bertz CT molecular complexity index is 1190. The lowest BCUT2D eigenvalue weighted by atomic mass is 10.1. The number of methoxy groups -OCH3 is 3. The Kier molecular flexibility index (Phi) is 5.21. The first kappa shape index (κ1) is 19.3. The van der Waals surface area contributed by atoms with Crippen LogP contribution in [0.3, 0.4) is 0 Å². The van der Waals surface area contributed by atoms with Crippen molar-refractivity contribution >= 4 is 28.4 Å². The van der Waals surface area contributed by atoms with Crippen LogP contribution in [0.1, 0.15) is 0 Å². The van der Waals surface area contributed by atoms with Gasteiger partial charge in [-0.3, -0.25) is 4.98 Å². The van der Waals surface area contributed by atoms with Crippen molar-refractivity contribution in [1.29, 1.82) is 0 Å². The van der Waals surface area contributed by atoms with E-state index in [-0.39, 0.29) is 0 Å². The third-order valence-electron chi connectivity index (χ3n) is 4.65. The highest BCUT2D eigenvalue weighted by atomic mass is 16.5. The van der Waals surface area contributed by atoms with Crippen molar-refractivity contribution in [3.63, 3.8) is 0 Å². The lowest BCUT2D eigenvalue weighted by molar-refractivity contribution is 0.324. The molecule has 8 nitrogen and oxygen atoms in total. The number of fused-ring (bicyclic) bond motifs is 1. The molecule has 0 unspecified atom stereocenters. The number of benzene rings is 2. The number of nitrogens with two attached hydrogens (primary N) is 1. The summed E-state index contributed by atoms with van der Waals surface area (Å²) in [6, 6.07) is 13.4. The summed E-state index contributed by atoms with van der Waals surface area (Å²) in [4.78, 5) is 13.2. The van der Waals surface area contributed by atoms with Gasteiger partial charge in [-0.2, -0.15) is 4.98 Å². The molecule has 8 heteroatoms. The van der Waals surface area contributed by atoms with Crippen molar-refractivity contribution in [3.05, 3.63) is 54.9 Å². The molecule has 0 atom stereocenters. The average molecular weight is 403 g/mol. The van der Waals surface area contributed by atoms with Crippen molar-refractivity contribution < 1.29 is 14.2 Å². The summed E-state index contributed by atoms with van der Waals surface area (Å²) >= 11 is 0. The number of nitrogens with zero attached hydrogens (tertiary/aromatic N) is 3. The van der Waals surface area contributed by atoms with Crippen LogP contribution in [-0.4, -0.2) is 36.3 Å². The molecule has 0 aliphatic carbocycles. The van der Waals surface area contributed by atoms with Crippen molar-refractivity contribution in [2.75, 3.05) is 32.4 Å². The minimum atomic E-state index is 0.355. The minimum absolute atomic E-state index is 0.355. The van der Waals surface area contributed by atoms with E-state index in [4.69, 9.17) is 19.9 Å². The van der Waals surface area contributed by atoms with E-state index >= 15 is 0 Å². The predicted molar refractivity (Wildman–Crippen MR) is 117 cm³/mol. The maximum absolute atomic E-state index is 6.23. The Labute approximate surface area is 173 Å². The van der Waals surface area contributed by atoms with Gasteiger partial charge in [0, 0.05) is 41.2 Å². The molecule has 0 aliphatic rings. The third-order valence-corrected chi connectivity index (χ3v) is 4.65. The molecule has 30 heavy (non-hydrogen) atoms. The van der Waals surface area contributed by atoms with E-state index < -0.39 is 0 Å². The van der Waals surface area contributed by atoms with Gasteiger partial charge in [0.15, 0.2) is 11.5 Å². The summed E-state index contributed by atoms with van der Waals surface area (Å²) in [7, 11) is 4.67. The van der Waals surface area contributed by atoms with Gasteiger partial charge in [0.1, 0.15) is 5.82 Å². The average Bonchev–Trinajstić information content (AvgIpc) is 2.78. The molecule has 0 spiro atoms. The smallest absolute Gasteiger partial charge is 0.229 e. The summed E-state index contributed by atoms with van der Waals surface area (Å²) in [6.45, 7) is 0. The molecule has 0 fully saturated rings. The number of pyridine rings is 1. The molecule has 0 saturated heterocycles. The van der Waals surface area contributed by atoms with Crippen molar-refractivity contribution in [2.24, 2.45) is 0 Å². The third kappa shape index (κ3) is 3.62. The van der Waals surface area contributed by atoms with Crippen LogP contribution in [0, 0.1) is 0 Å². The van der Waals surface area contributed by atoms with E-state index in [1.807, 2.05) is 30.3 Å². The molecular weight excluding hydrogens is 382 g/mol. The number of anilines is 3. The highest BCUT2D eigenvalue weighted by molar-refractivity contribution is 5.86. The summed E-state index contributed by atoms with van der Waals surface area (Å²) < 4.78 is 16.1. The van der Waals surface area contributed by atoms with Crippen molar-refractivity contribution in [3.8, 4) is 28.4 Å². The zero-order valence-corrected chi connectivity index (χ0v) is 16.8.